The Balaban J connectivity index is 2.41. The van der Waals surface area contributed by atoms with E-state index >= 15 is 0 Å². The summed E-state index contributed by atoms with van der Waals surface area (Å²) in [6, 6.07) is 0. The van der Waals surface area contributed by atoms with Crippen LogP contribution in [0.1, 0.15) is 19.3 Å². The molecule has 1 rings (SSSR count). The number of hydrogen-bond acceptors (Lipinski definition) is 2. The van der Waals surface area contributed by atoms with E-state index in [1.807, 2.05) is 0 Å². The van der Waals surface area contributed by atoms with Crippen LogP contribution in [0.2, 0.25) is 0 Å². The van der Waals surface area contributed by atoms with Gasteiger partial charge in [0.15, 0.2) is 0 Å². The number of nitrogens with one attached hydrogen (secondary N) is 1. The first-order valence-electron chi connectivity index (χ1n) is 4.26. The van der Waals surface area contributed by atoms with Crippen LogP contribution in [0.25, 0.3) is 0 Å². The van der Waals surface area contributed by atoms with Crippen molar-refractivity contribution >= 4 is 5.97 Å². The third-order valence-electron chi connectivity index (χ3n) is 2.24. The molecule has 0 aromatic carbocycles. The molecule has 1 aliphatic heterocycles. The Labute approximate surface area is 71.0 Å². The van der Waals surface area contributed by atoms with Crippen molar-refractivity contribution < 1.29 is 14.3 Å². The quantitative estimate of drug-likeness (QED) is 0.652. The molecule has 4 heteroatoms. The average Bonchev–Trinajstić information content (AvgIpc) is 2.16. The van der Waals surface area contributed by atoms with Gasteiger partial charge in [0.25, 0.3) is 0 Å². The molecule has 1 saturated heterocycles. The smallest absolute Gasteiger partial charge is 0.303 e. The van der Waals surface area contributed by atoms with Crippen LogP contribution >= 0.6 is 0 Å². The lowest BCUT2D eigenvalue weighted by molar-refractivity contribution is -0.138. The molecule has 1 heterocycles. The highest BCUT2D eigenvalue weighted by molar-refractivity contribution is 5.67. The van der Waals surface area contributed by atoms with E-state index in [1.54, 1.807) is 0 Å². The molecule has 0 amide bonds. The molecule has 0 unspecified atom stereocenters. The summed E-state index contributed by atoms with van der Waals surface area (Å²) >= 11 is 0. The molecule has 2 N–H and O–H groups in total. The molecule has 1 fully saturated rings. The SMILES string of the molecule is O=C(O)C[C@H]1CCNCC[C@H]1F. The van der Waals surface area contributed by atoms with Gasteiger partial charge in [0, 0.05) is 5.92 Å². The molecule has 3 nitrogen and oxygen atoms in total. The van der Waals surface area contributed by atoms with Crippen LogP contribution in [0, 0.1) is 5.92 Å². The largest absolute Gasteiger partial charge is 0.481 e. The highest BCUT2D eigenvalue weighted by Gasteiger charge is 2.24. The van der Waals surface area contributed by atoms with Gasteiger partial charge in [0.2, 0.25) is 0 Å². The highest BCUT2D eigenvalue weighted by Crippen LogP contribution is 2.20. The minimum Gasteiger partial charge on any atom is -0.481 e. The molecular formula is C8H14FNO2. The van der Waals surface area contributed by atoms with Gasteiger partial charge >= 0.3 is 5.97 Å². The van der Waals surface area contributed by atoms with Crippen LogP contribution < -0.4 is 5.32 Å². The number of rotatable bonds is 2. The van der Waals surface area contributed by atoms with E-state index in [9.17, 15) is 9.18 Å². The lowest BCUT2D eigenvalue weighted by atomic mass is 9.95. The van der Waals surface area contributed by atoms with Crippen LogP contribution in [0.15, 0.2) is 0 Å². The van der Waals surface area contributed by atoms with Gasteiger partial charge in [-0.15, -0.1) is 0 Å². The van der Waals surface area contributed by atoms with E-state index in [2.05, 4.69) is 5.32 Å². The maximum absolute atomic E-state index is 13.2. The maximum Gasteiger partial charge on any atom is 0.303 e. The molecule has 1 aliphatic rings. The van der Waals surface area contributed by atoms with E-state index in [0.29, 0.717) is 19.4 Å². The second-order valence-electron chi connectivity index (χ2n) is 3.20. The Morgan fingerprint density at radius 3 is 2.83 bits per heavy atom. The van der Waals surface area contributed by atoms with Gasteiger partial charge in [-0.3, -0.25) is 4.79 Å². The van der Waals surface area contributed by atoms with Crippen LogP contribution in [0.3, 0.4) is 0 Å². The standard InChI is InChI=1S/C8H14FNO2/c9-7-2-4-10-3-1-6(7)5-8(11)12/h6-7,10H,1-5H2,(H,11,12)/t6-,7-/m1/s1. The third-order valence-corrected chi connectivity index (χ3v) is 2.24. The minimum absolute atomic E-state index is 0.0388. The number of halogens is 1. The Morgan fingerprint density at radius 1 is 1.50 bits per heavy atom. The Morgan fingerprint density at radius 2 is 2.17 bits per heavy atom. The second kappa shape index (κ2) is 4.40. The van der Waals surface area contributed by atoms with Crippen molar-refractivity contribution in [2.45, 2.75) is 25.4 Å². The van der Waals surface area contributed by atoms with Crippen molar-refractivity contribution in [2.24, 2.45) is 5.92 Å². The monoisotopic (exact) mass is 175 g/mol. The fourth-order valence-corrected chi connectivity index (χ4v) is 1.52. The summed E-state index contributed by atoms with van der Waals surface area (Å²) in [6.45, 7) is 1.40. The average molecular weight is 175 g/mol. The van der Waals surface area contributed by atoms with Crippen molar-refractivity contribution in [2.75, 3.05) is 13.1 Å². The van der Waals surface area contributed by atoms with Crippen LogP contribution in [0.4, 0.5) is 4.39 Å². The molecule has 12 heavy (non-hydrogen) atoms. The molecule has 0 aliphatic carbocycles. The van der Waals surface area contributed by atoms with Gasteiger partial charge in [0.05, 0.1) is 6.42 Å². The number of aliphatic carboxylic acids is 1. The van der Waals surface area contributed by atoms with Crippen molar-refractivity contribution in [1.82, 2.24) is 5.32 Å². The van der Waals surface area contributed by atoms with Crippen molar-refractivity contribution in [3.8, 4) is 0 Å². The summed E-state index contributed by atoms with van der Waals surface area (Å²) in [5, 5.41) is 11.5. The van der Waals surface area contributed by atoms with Crippen molar-refractivity contribution in [3.05, 3.63) is 0 Å². The summed E-state index contributed by atoms with van der Waals surface area (Å²) in [7, 11) is 0. The highest BCUT2D eigenvalue weighted by atomic mass is 19.1. The van der Waals surface area contributed by atoms with Gasteiger partial charge in [-0.1, -0.05) is 0 Å². The summed E-state index contributed by atoms with van der Waals surface area (Å²) in [5.41, 5.74) is 0. The first-order valence-corrected chi connectivity index (χ1v) is 4.26. The molecule has 2 atom stereocenters. The first-order chi connectivity index (χ1) is 5.70. The van der Waals surface area contributed by atoms with E-state index in [-0.39, 0.29) is 12.3 Å². The van der Waals surface area contributed by atoms with Gasteiger partial charge in [0.1, 0.15) is 6.17 Å². The summed E-state index contributed by atoms with van der Waals surface area (Å²) in [5.74, 6) is -1.19. The topological polar surface area (TPSA) is 49.3 Å². The molecule has 70 valence electrons. The lowest BCUT2D eigenvalue weighted by Gasteiger charge is -2.14. The van der Waals surface area contributed by atoms with E-state index < -0.39 is 12.1 Å². The van der Waals surface area contributed by atoms with E-state index in [1.165, 1.54) is 0 Å². The van der Waals surface area contributed by atoms with E-state index in [0.717, 1.165) is 6.54 Å². The van der Waals surface area contributed by atoms with Crippen LogP contribution in [0.5, 0.6) is 0 Å². The fourth-order valence-electron chi connectivity index (χ4n) is 1.52. The second-order valence-corrected chi connectivity index (χ2v) is 3.20. The molecule has 0 aromatic rings. The maximum atomic E-state index is 13.2. The Kier molecular flexibility index (Phi) is 3.47. The first kappa shape index (κ1) is 9.45. The number of carboxylic acid groups (broad SMARTS) is 1. The summed E-state index contributed by atoms with van der Waals surface area (Å²) in [6.07, 6.45) is 0.0879. The summed E-state index contributed by atoms with van der Waals surface area (Å²) in [4.78, 5) is 10.3. The molecular weight excluding hydrogens is 161 g/mol. The zero-order valence-corrected chi connectivity index (χ0v) is 6.92. The molecule has 0 saturated carbocycles. The predicted octanol–water partition coefficient (Wildman–Crippen LogP) is 0.799. The third kappa shape index (κ3) is 2.77. The van der Waals surface area contributed by atoms with Crippen LogP contribution in [-0.2, 0) is 4.79 Å². The lowest BCUT2D eigenvalue weighted by Crippen LogP contribution is -2.19. The number of carbonyl (C=O) groups is 1. The fraction of sp³-hybridized carbons (Fsp3) is 0.875. The molecule has 0 aromatic heterocycles. The Bertz CT molecular complexity index is 163. The van der Waals surface area contributed by atoms with Gasteiger partial charge in [-0.2, -0.15) is 0 Å². The molecule has 0 radical (unpaired) electrons. The molecule has 0 bridgehead atoms. The van der Waals surface area contributed by atoms with Crippen molar-refractivity contribution in [3.63, 3.8) is 0 Å². The number of hydrogen-bond donors (Lipinski definition) is 2. The number of alkyl halides is 1. The predicted molar refractivity (Wildman–Crippen MR) is 42.7 cm³/mol. The van der Waals surface area contributed by atoms with E-state index in [4.69, 9.17) is 5.11 Å². The number of carboxylic acids is 1. The zero-order chi connectivity index (χ0) is 8.97. The normalized spacial score (nSPS) is 31.1. The minimum atomic E-state index is -0.948. The molecule has 0 spiro atoms. The summed E-state index contributed by atoms with van der Waals surface area (Å²) < 4.78 is 13.2. The zero-order valence-electron chi connectivity index (χ0n) is 6.92. The van der Waals surface area contributed by atoms with Gasteiger partial charge in [-0.05, 0) is 25.9 Å². The van der Waals surface area contributed by atoms with Crippen LogP contribution in [-0.4, -0.2) is 30.3 Å². The van der Waals surface area contributed by atoms with Gasteiger partial charge < -0.3 is 10.4 Å². The van der Waals surface area contributed by atoms with Gasteiger partial charge in [-0.25, -0.2) is 4.39 Å². The van der Waals surface area contributed by atoms with Crippen molar-refractivity contribution in [1.29, 1.82) is 0 Å². The Hall–Kier alpha value is -0.640.